The van der Waals surface area contributed by atoms with Crippen molar-refractivity contribution in [2.45, 2.75) is 24.9 Å². The first-order valence-electron chi connectivity index (χ1n) is 4.85. The zero-order chi connectivity index (χ0) is 12.3. The Morgan fingerprint density at radius 1 is 1.44 bits per heavy atom. The van der Waals surface area contributed by atoms with E-state index in [1.54, 1.807) is 0 Å². The highest BCUT2D eigenvalue weighted by Gasteiger charge is 2.30. The van der Waals surface area contributed by atoms with E-state index in [4.69, 9.17) is 11.5 Å². The minimum absolute atomic E-state index is 0.0674. The number of sulfone groups is 1. The van der Waals surface area contributed by atoms with E-state index in [-0.39, 0.29) is 17.9 Å². The normalized spacial score (nSPS) is 24.9. The SMILES string of the molecule is NC(=O)CC(N)C(=O)NC1CCS(=O)(=O)C1. The fraction of sp³-hybridized carbons (Fsp3) is 0.750. The molecule has 2 atom stereocenters. The van der Waals surface area contributed by atoms with Crippen molar-refractivity contribution in [2.24, 2.45) is 11.5 Å². The molecule has 1 heterocycles. The quantitative estimate of drug-likeness (QED) is 0.506. The van der Waals surface area contributed by atoms with Crippen molar-refractivity contribution in [1.29, 1.82) is 0 Å². The van der Waals surface area contributed by atoms with Gasteiger partial charge in [-0.3, -0.25) is 9.59 Å². The summed E-state index contributed by atoms with van der Waals surface area (Å²) >= 11 is 0. The number of primary amides is 1. The van der Waals surface area contributed by atoms with E-state index in [0.29, 0.717) is 6.42 Å². The van der Waals surface area contributed by atoms with Gasteiger partial charge < -0.3 is 16.8 Å². The number of hydrogen-bond donors (Lipinski definition) is 3. The number of nitrogens with two attached hydrogens (primary N) is 2. The molecule has 0 aromatic carbocycles. The molecule has 0 radical (unpaired) electrons. The van der Waals surface area contributed by atoms with E-state index in [1.807, 2.05) is 0 Å². The molecule has 1 aliphatic rings. The maximum atomic E-state index is 11.4. The molecule has 1 aliphatic heterocycles. The van der Waals surface area contributed by atoms with Gasteiger partial charge in [0.2, 0.25) is 11.8 Å². The van der Waals surface area contributed by atoms with Crippen LogP contribution >= 0.6 is 0 Å². The van der Waals surface area contributed by atoms with Crippen LogP contribution in [0.1, 0.15) is 12.8 Å². The lowest BCUT2D eigenvalue weighted by molar-refractivity contribution is -0.126. The number of carbonyl (C=O) groups excluding carboxylic acids is 2. The van der Waals surface area contributed by atoms with E-state index in [1.165, 1.54) is 0 Å². The summed E-state index contributed by atoms with van der Waals surface area (Å²) in [5, 5.41) is 2.49. The Morgan fingerprint density at radius 2 is 2.06 bits per heavy atom. The summed E-state index contributed by atoms with van der Waals surface area (Å²) < 4.78 is 22.2. The summed E-state index contributed by atoms with van der Waals surface area (Å²) in [6.07, 6.45) is 0.142. The number of nitrogens with one attached hydrogen (secondary N) is 1. The summed E-state index contributed by atoms with van der Waals surface area (Å²) in [6.45, 7) is 0. The number of carbonyl (C=O) groups is 2. The first-order valence-corrected chi connectivity index (χ1v) is 6.67. The minimum Gasteiger partial charge on any atom is -0.370 e. The molecule has 0 aromatic heterocycles. The predicted molar refractivity (Wildman–Crippen MR) is 57.0 cm³/mol. The van der Waals surface area contributed by atoms with Gasteiger partial charge in [0.25, 0.3) is 0 Å². The summed E-state index contributed by atoms with van der Waals surface area (Å²) in [7, 11) is -3.04. The van der Waals surface area contributed by atoms with E-state index < -0.39 is 33.7 Å². The molecule has 2 unspecified atom stereocenters. The molecule has 1 rings (SSSR count). The molecule has 8 heteroatoms. The third kappa shape index (κ3) is 3.78. The molecule has 0 spiro atoms. The van der Waals surface area contributed by atoms with Crippen molar-refractivity contribution in [2.75, 3.05) is 11.5 Å². The molecule has 0 saturated carbocycles. The second-order valence-electron chi connectivity index (χ2n) is 3.89. The Balaban J connectivity index is 2.44. The Bertz CT molecular complexity index is 392. The lowest BCUT2D eigenvalue weighted by Crippen LogP contribution is -2.47. The summed E-state index contributed by atoms with van der Waals surface area (Å²) in [5.41, 5.74) is 10.3. The van der Waals surface area contributed by atoms with Crippen LogP contribution in [0.4, 0.5) is 0 Å². The molecule has 1 fully saturated rings. The van der Waals surface area contributed by atoms with Crippen molar-refractivity contribution in [3.63, 3.8) is 0 Å². The Kier molecular flexibility index (Phi) is 3.87. The second-order valence-corrected chi connectivity index (χ2v) is 6.11. The van der Waals surface area contributed by atoms with Crippen molar-refractivity contribution in [3.05, 3.63) is 0 Å². The monoisotopic (exact) mass is 249 g/mol. The largest absolute Gasteiger partial charge is 0.370 e. The Labute approximate surface area is 93.5 Å². The number of rotatable bonds is 4. The van der Waals surface area contributed by atoms with Crippen LogP contribution in [0, 0.1) is 0 Å². The second kappa shape index (κ2) is 4.79. The van der Waals surface area contributed by atoms with Crippen LogP contribution in [-0.4, -0.2) is 43.8 Å². The van der Waals surface area contributed by atoms with E-state index in [0.717, 1.165) is 0 Å². The molecule has 1 saturated heterocycles. The fourth-order valence-electron chi connectivity index (χ4n) is 1.53. The zero-order valence-corrected chi connectivity index (χ0v) is 9.50. The highest BCUT2D eigenvalue weighted by Crippen LogP contribution is 2.11. The molecule has 92 valence electrons. The number of amides is 2. The third-order valence-electron chi connectivity index (χ3n) is 2.34. The van der Waals surface area contributed by atoms with Crippen molar-refractivity contribution < 1.29 is 18.0 Å². The fourth-order valence-corrected chi connectivity index (χ4v) is 3.20. The zero-order valence-electron chi connectivity index (χ0n) is 8.68. The third-order valence-corrected chi connectivity index (χ3v) is 4.10. The lowest BCUT2D eigenvalue weighted by Gasteiger charge is -2.14. The van der Waals surface area contributed by atoms with Gasteiger partial charge in [0.05, 0.1) is 24.0 Å². The standard InChI is InChI=1S/C8H15N3O4S/c9-6(3-7(10)12)8(13)11-5-1-2-16(14,15)4-5/h5-6H,1-4,9H2,(H2,10,12)(H,11,13). The maximum absolute atomic E-state index is 11.4. The Hall–Kier alpha value is -1.15. The van der Waals surface area contributed by atoms with E-state index in [2.05, 4.69) is 5.32 Å². The highest BCUT2D eigenvalue weighted by atomic mass is 32.2. The first kappa shape index (κ1) is 12.9. The minimum atomic E-state index is -3.04. The van der Waals surface area contributed by atoms with Gasteiger partial charge in [-0.2, -0.15) is 0 Å². The topological polar surface area (TPSA) is 132 Å². The molecule has 2 amide bonds. The van der Waals surface area contributed by atoms with Gasteiger partial charge in [0.1, 0.15) is 0 Å². The average Bonchev–Trinajstić information content (AvgIpc) is 2.44. The molecule has 0 bridgehead atoms. The average molecular weight is 249 g/mol. The van der Waals surface area contributed by atoms with Gasteiger partial charge in [-0.15, -0.1) is 0 Å². The van der Waals surface area contributed by atoms with Crippen LogP contribution in [-0.2, 0) is 19.4 Å². The van der Waals surface area contributed by atoms with Gasteiger partial charge in [-0.05, 0) is 6.42 Å². The molecule has 0 aromatic rings. The summed E-state index contributed by atoms with van der Waals surface area (Å²) in [4.78, 5) is 21.9. The Morgan fingerprint density at radius 3 is 2.50 bits per heavy atom. The van der Waals surface area contributed by atoms with Crippen LogP contribution < -0.4 is 16.8 Å². The molecular weight excluding hydrogens is 234 g/mol. The van der Waals surface area contributed by atoms with E-state index in [9.17, 15) is 18.0 Å². The van der Waals surface area contributed by atoms with Crippen molar-refractivity contribution in [3.8, 4) is 0 Å². The molecule has 16 heavy (non-hydrogen) atoms. The smallest absolute Gasteiger partial charge is 0.237 e. The van der Waals surface area contributed by atoms with Crippen LogP contribution in [0.2, 0.25) is 0 Å². The summed E-state index contributed by atoms with van der Waals surface area (Å²) in [6, 6.07) is -1.42. The maximum Gasteiger partial charge on any atom is 0.237 e. The van der Waals surface area contributed by atoms with Crippen LogP contribution in [0.3, 0.4) is 0 Å². The molecule has 7 nitrogen and oxygen atoms in total. The van der Waals surface area contributed by atoms with Crippen LogP contribution in [0.5, 0.6) is 0 Å². The van der Waals surface area contributed by atoms with Crippen LogP contribution in [0.15, 0.2) is 0 Å². The van der Waals surface area contributed by atoms with Gasteiger partial charge >= 0.3 is 0 Å². The van der Waals surface area contributed by atoms with Gasteiger partial charge in [-0.1, -0.05) is 0 Å². The van der Waals surface area contributed by atoms with Gasteiger partial charge in [-0.25, -0.2) is 8.42 Å². The predicted octanol–water partition coefficient (Wildman–Crippen LogP) is -2.51. The molecule has 0 aliphatic carbocycles. The van der Waals surface area contributed by atoms with Gasteiger partial charge in [0, 0.05) is 6.04 Å². The van der Waals surface area contributed by atoms with Crippen molar-refractivity contribution >= 4 is 21.7 Å². The van der Waals surface area contributed by atoms with Gasteiger partial charge in [0.15, 0.2) is 9.84 Å². The summed E-state index contributed by atoms with van der Waals surface area (Å²) in [5.74, 6) is -1.20. The number of hydrogen-bond acceptors (Lipinski definition) is 5. The highest BCUT2D eigenvalue weighted by molar-refractivity contribution is 7.91. The molecular formula is C8H15N3O4S. The molecule has 5 N–H and O–H groups in total. The van der Waals surface area contributed by atoms with E-state index >= 15 is 0 Å². The van der Waals surface area contributed by atoms with Crippen LogP contribution in [0.25, 0.3) is 0 Å². The van der Waals surface area contributed by atoms with Crippen molar-refractivity contribution in [1.82, 2.24) is 5.32 Å². The first-order chi connectivity index (χ1) is 7.30. The lowest BCUT2D eigenvalue weighted by atomic mass is 10.2.